The van der Waals surface area contributed by atoms with Crippen LogP contribution >= 0.6 is 11.3 Å². The summed E-state index contributed by atoms with van der Waals surface area (Å²) < 4.78 is 0. The van der Waals surface area contributed by atoms with Gasteiger partial charge in [0.05, 0.1) is 5.69 Å². The molecule has 1 amide bonds. The van der Waals surface area contributed by atoms with Crippen LogP contribution in [0.4, 0.5) is 5.13 Å². The molecule has 0 atom stereocenters. The third-order valence-electron chi connectivity index (χ3n) is 3.72. The van der Waals surface area contributed by atoms with Crippen molar-refractivity contribution in [2.45, 2.75) is 0 Å². The number of anilines is 1. The monoisotopic (exact) mass is 391 g/mol. The van der Waals surface area contributed by atoms with Crippen LogP contribution < -0.4 is 5.32 Å². The normalized spacial score (nSPS) is 10.9. The Kier molecular flexibility index (Phi) is 5.48. The van der Waals surface area contributed by atoms with Crippen LogP contribution in [0.5, 0.6) is 5.75 Å². The number of carboxylic acid groups (broad SMARTS) is 1. The zero-order valence-corrected chi connectivity index (χ0v) is 15.1. The van der Waals surface area contributed by atoms with Crippen molar-refractivity contribution in [2.75, 3.05) is 5.32 Å². The number of amides is 1. The summed E-state index contributed by atoms with van der Waals surface area (Å²) in [5.74, 6) is -2.38. The lowest BCUT2D eigenvalue weighted by molar-refractivity contribution is -0.112. The second-order valence-corrected chi connectivity index (χ2v) is 6.47. The molecule has 0 fully saturated rings. The molecule has 0 aliphatic carbocycles. The van der Waals surface area contributed by atoms with Crippen LogP contribution in [0.3, 0.4) is 0 Å². The first kappa shape index (κ1) is 18.8. The van der Waals surface area contributed by atoms with Crippen molar-refractivity contribution >= 4 is 34.4 Å². The molecule has 1 heterocycles. The number of nitrogens with one attached hydrogen (secondary N) is 1. The molecule has 0 aliphatic heterocycles. The van der Waals surface area contributed by atoms with Crippen LogP contribution in [0.15, 0.2) is 59.5 Å². The second kappa shape index (κ2) is 8.16. The molecule has 8 heteroatoms. The highest BCUT2D eigenvalue weighted by atomic mass is 32.1. The first-order valence-electron chi connectivity index (χ1n) is 7.98. The van der Waals surface area contributed by atoms with Gasteiger partial charge in [0.15, 0.2) is 5.13 Å². The summed E-state index contributed by atoms with van der Waals surface area (Å²) in [7, 11) is 0. The van der Waals surface area contributed by atoms with Crippen LogP contribution in [0, 0.1) is 11.3 Å². The van der Waals surface area contributed by atoms with E-state index in [4.69, 9.17) is 5.11 Å². The number of thiazole rings is 1. The molecule has 0 saturated carbocycles. The molecule has 3 rings (SSSR count). The maximum Gasteiger partial charge on any atom is 0.339 e. The molecule has 3 N–H and O–H groups in total. The fourth-order valence-corrected chi connectivity index (χ4v) is 3.09. The van der Waals surface area contributed by atoms with Crippen molar-refractivity contribution < 1.29 is 19.8 Å². The fraction of sp³-hybridized carbons (Fsp3) is 0. The Hall–Kier alpha value is -3.96. The maximum absolute atomic E-state index is 12.4. The number of phenols is 1. The summed E-state index contributed by atoms with van der Waals surface area (Å²) in [5, 5.41) is 32.6. The highest BCUT2D eigenvalue weighted by Gasteiger charge is 2.14. The van der Waals surface area contributed by atoms with E-state index in [0.29, 0.717) is 16.4 Å². The summed E-state index contributed by atoms with van der Waals surface area (Å²) in [4.78, 5) is 27.6. The zero-order chi connectivity index (χ0) is 20.1. The van der Waals surface area contributed by atoms with Crippen molar-refractivity contribution in [3.63, 3.8) is 0 Å². The predicted molar refractivity (Wildman–Crippen MR) is 105 cm³/mol. The van der Waals surface area contributed by atoms with Crippen LogP contribution in [0.1, 0.15) is 15.9 Å². The van der Waals surface area contributed by atoms with Gasteiger partial charge in [-0.3, -0.25) is 10.1 Å². The highest BCUT2D eigenvalue weighted by Crippen LogP contribution is 2.25. The largest absolute Gasteiger partial charge is 0.507 e. The molecule has 0 spiro atoms. The Morgan fingerprint density at radius 3 is 2.57 bits per heavy atom. The SMILES string of the molecule is N#C/C(=C\c1ccc(C(=O)O)c(O)c1)C(=O)Nc1nc(-c2ccccc2)cs1. The van der Waals surface area contributed by atoms with Crippen molar-refractivity contribution in [3.8, 4) is 23.1 Å². The van der Waals surface area contributed by atoms with E-state index in [1.54, 1.807) is 11.4 Å². The van der Waals surface area contributed by atoms with Crippen molar-refractivity contribution in [1.82, 2.24) is 4.98 Å². The van der Waals surface area contributed by atoms with Crippen LogP contribution in [0.2, 0.25) is 0 Å². The number of benzene rings is 2. The predicted octanol–water partition coefficient (Wildman–Crippen LogP) is 3.76. The number of carbonyl (C=O) groups is 2. The van der Waals surface area contributed by atoms with Crippen LogP contribution in [-0.4, -0.2) is 27.1 Å². The number of hydrogen-bond acceptors (Lipinski definition) is 6. The Balaban J connectivity index is 1.78. The van der Waals surface area contributed by atoms with Crippen LogP contribution in [0.25, 0.3) is 17.3 Å². The van der Waals surface area contributed by atoms with Gasteiger partial charge in [0, 0.05) is 10.9 Å². The molecule has 28 heavy (non-hydrogen) atoms. The molecule has 0 radical (unpaired) electrons. The molecule has 0 aliphatic rings. The van der Waals surface area contributed by atoms with E-state index in [0.717, 1.165) is 5.56 Å². The molecule has 138 valence electrons. The molecular weight excluding hydrogens is 378 g/mol. The van der Waals surface area contributed by atoms with E-state index in [2.05, 4.69) is 10.3 Å². The number of aromatic carboxylic acids is 1. The summed E-state index contributed by atoms with van der Waals surface area (Å²) in [6.45, 7) is 0. The Morgan fingerprint density at radius 1 is 1.18 bits per heavy atom. The van der Waals surface area contributed by atoms with Crippen molar-refractivity contribution in [3.05, 3.63) is 70.6 Å². The topological polar surface area (TPSA) is 123 Å². The van der Waals surface area contributed by atoms with Gasteiger partial charge in [0.25, 0.3) is 5.91 Å². The molecule has 0 bridgehead atoms. The van der Waals surface area contributed by atoms with Gasteiger partial charge in [0.2, 0.25) is 0 Å². The fourth-order valence-electron chi connectivity index (χ4n) is 2.37. The maximum atomic E-state index is 12.4. The summed E-state index contributed by atoms with van der Waals surface area (Å²) >= 11 is 1.23. The molecular formula is C20H13N3O4S. The van der Waals surface area contributed by atoms with Gasteiger partial charge in [-0.1, -0.05) is 36.4 Å². The first-order valence-corrected chi connectivity index (χ1v) is 8.86. The minimum atomic E-state index is -1.27. The summed E-state index contributed by atoms with van der Waals surface area (Å²) in [6.07, 6.45) is 1.26. The number of nitriles is 1. The highest BCUT2D eigenvalue weighted by molar-refractivity contribution is 7.14. The molecule has 0 unspecified atom stereocenters. The van der Waals surface area contributed by atoms with Gasteiger partial charge in [0.1, 0.15) is 23.0 Å². The number of hydrogen-bond donors (Lipinski definition) is 3. The third-order valence-corrected chi connectivity index (χ3v) is 4.48. The van der Waals surface area contributed by atoms with Gasteiger partial charge in [-0.2, -0.15) is 5.26 Å². The smallest absolute Gasteiger partial charge is 0.339 e. The lowest BCUT2D eigenvalue weighted by Crippen LogP contribution is -2.13. The van der Waals surface area contributed by atoms with E-state index in [1.165, 1.54) is 35.6 Å². The molecule has 1 aromatic heterocycles. The number of aromatic hydroxyl groups is 1. The number of carbonyl (C=O) groups excluding carboxylic acids is 1. The van der Waals surface area contributed by atoms with Crippen molar-refractivity contribution in [2.24, 2.45) is 0 Å². The standard InChI is InChI=1S/C20H13N3O4S/c21-10-14(8-12-6-7-15(19(26)27)17(24)9-12)18(25)23-20-22-16(11-28-20)13-4-2-1-3-5-13/h1-9,11,24H,(H,26,27)(H,22,23,25)/b14-8+. The van der Waals surface area contributed by atoms with E-state index in [-0.39, 0.29) is 11.1 Å². The minimum Gasteiger partial charge on any atom is -0.507 e. The Morgan fingerprint density at radius 2 is 1.93 bits per heavy atom. The van der Waals surface area contributed by atoms with Gasteiger partial charge >= 0.3 is 5.97 Å². The van der Waals surface area contributed by atoms with E-state index in [9.17, 15) is 20.0 Å². The number of nitrogens with zero attached hydrogens (tertiary/aromatic N) is 2. The van der Waals surface area contributed by atoms with E-state index in [1.807, 2.05) is 30.3 Å². The number of rotatable bonds is 5. The molecule has 0 saturated heterocycles. The summed E-state index contributed by atoms with van der Waals surface area (Å²) in [6, 6.07) is 15.0. The Bertz CT molecular complexity index is 1110. The molecule has 7 nitrogen and oxygen atoms in total. The third kappa shape index (κ3) is 4.23. The minimum absolute atomic E-state index is 0.209. The summed E-state index contributed by atoms with van der Waals surface area (Å²) in [5.41, 5.74) is 1.45. The van der Waals surface area contributed by atoms with Gasteiger partial charge in [-0.05, 0) is 23.8 Å². The quantitative estimate of drug-likeness (QED) is 0.449. The van der Waals surface area contributed by atoms with Crippen molar-refractivity contribution in [1.29, 1.82) is 5.26 Å². The van der Waals surface area contributed by atoms with Crippen LogP contribution in [-0.2, 0) is 4.79 Å². The van der Waals surface area contributed by atoms with Gasteiger partial charge in [-0.15, -0.1) is 11.3 Å². The molecule has 2 aromatic carbocycles. The second-order valence-electron chi connectivity index (χ2n) is 5.61. The van der Waals surface area contributed by atoms with Gasteiger partial charge < -0.3 is 10.2 Å². The zero-order valence-electron chi connectivity index (χ0n) is 14.3. The van der Waals surface area contributed by atoms with E-state index < -0.39 is 17.6 Å². The lowest BCUT2D eigenvalue weighted by Gasteiger charge is -2.03. The first-order chi connectivity index (χ1) is 13.5. The average Bonchev–Trinajstić information content (AvgIpc) is 3.15. The average molecular weight is 391 g/mol. The number of carboxylic acids is 1. The molecule has 3 aromatic rings. The number of aromatic nitrogens is 1. The lowest BCUT2D eigenvalue weighted by atomic mass is 10.1. The Labute approximate surface area is 163 Å². The van der Waals surface area contributed by atoms with E-state index >= 15 is 0 Å². The van der Waals surface area contributed by atoms with Gasteiger partial charge in [-0.25, -0.2) is 9.78 Å².